The van der Waals surface area contributed by atoms with E-state index in [1.54, 1.807) is 30.5 Å². The molecular weight excluding hydrogens is 624 g/mol. The highest BCUT2D eigenvalue weighted by molar-refractivity contribution is 6.32. The van der Waals surface area contributed by atoms with E-state index < -0.39 is 0 Å². The number of anilines is 2. The number of hydrazine groups is 1. The van der Waals surface area contributed by atoms with Gasteiger partial charge in [0.1, 0.15) is 43.5 Å². The Morgan fingerprint density at radius 3 is 2.64 bits per heavy atom. The number of methoxy groups -OCH3 is 1. The normalized spacial score (nSPS) is 23.5. The predicted molar refractivity (Wildman–Crippen MR) is 175 cm³/mol. The number of ether oxygens (including phenoxy) is 4. The Kier molecular flexibility index (Phi) is 9.81. The van der Waals surface area contributed by atoms with Crippen LogP contribution in [-0.2, 0) is 16.0 Å². The molecule has 0 amide bonds. The van der Waals surface area contributed by atoms with Gasteiger partial charge in [0, 0.05) is 43.7 Å². The topological polar surface area (TPSA) is 130 Å². The smallest absolute Gasteiger partial charge is 0.257 e. The van der Waals surface area contributed by atoms with E-state index >= 15 is 0 Å². The van der Waals surface area contributed by atoms with Crippen molar-refractivity contribution in [3.63, 3.8) is 0 Å². The molecule has 250 valence electrons. The fraction of sp³-hybridized carbons (Fsp3) is 0.531. The molecule has 1 saturated carbocycles. The lowest BCUT2D eigenvalue weighted by atomic mass is 9.90. The monoisotopic (exact) mass is 664 g/mol. The number of benzene rings is 1. The van der Waals surface area contributed by atoms with Crippen molar-refractivity contribution in [3.8, 4) is 22.8 Å². The zero-order valence-electron chi connectivity index (χ0n) is 26.7. The Bertz CT molecular complexity index is 1580. The molecule has 1 aromatic carbocycles. The van der Waals surface area contributed by atoms with E-state index in [4.69, 9.17) is 35.6 Å². The van der Waals surface area contributed by atoms with Crippen LogP contribution in [0.25, 0.3) is 11.1 Å². The molecule has 2 aliphatic heterocycles. The second kappa shape index (κ2) is 14.5. The van der Waals surface area contributed by atoms with Gasteiger partial charge in [0.15, 0.2) is 0 Å². The van der Waals surface area contributed by atoms with Crippen LogP contribution in [0.2, 0.25) is 5.02 Å². The fourth-order valence-corrected chi connectivity index (χ4v) is 6.90. The van der Waals surface area contributed by atoms with E-state index in [2.05, 4.69) is 35.4 Å². The Balaban J connectivity index is 1.01. The second-order valence-electron chi connectivity index (χ2n) is 12.3. The number of fused-ring (bicyclic) bond motifs is 2. The van der Waals surface area contributed by atoms with Gasteiger partial charge in [0.2, 0.25) is 5.95 Å². The number of hydrogen-bond acceptors (Lipinski definition) is 12. The van der Waals surface area contributed by atoms with E-state index in [0.717, 1.165) is 62.4 Å². The summed E-state index contributed by atoms with van der Waals surface area (Å²) in [5, 5.41) is 17.8. The van der Waals surface area contributed by atoms with Gasteiger partial charge < -0.3 is 24.3 Å². The zero-order valence-corrected chi connectivity index (χ0v) is 27.5. The first-order valence-corrected chi connectivity index (χ1v) is 16.6. The molecule has 1 N–H and O–H groups in total. The molecule has 5 heterocycles. The Labute approximate surface area is 278 Å². The first-order chi connectivity index (χ1) is 23.0. The van der Waals surface area contributed by atoms with Crippen molar-refractivity contribution in [1.29, 1.82) is 0 Å². The summed E-state index contributed by atoms with van der Waals surface area (Å²) >= 11 is 6.46. The lowest BCUT2D eigenvalue weighted by Gasteiger charge is -2.44. The molecule has 3 atom stereocenters. The highest BCUT2D eigenvalue weighted by atomic mass is 35.5. The second-order valence-corrected chi connectivity index (χ2v) is 12.7. The summed E-state index contributed by atoms with van der Waals surface area (Å²) in [4.78, 5) is 13.2. The number of aromatic nitrogens is 7. The molecular formula is C32H41ClN10O4. The van der Waals surface area contributed by atoms with Crippen LogP contribution in [0.4, 0.5) is 11.6 Å². The molecule has 47 heavy (non-hydrogen) atoms. The molecule has 2 bridgehead atoms. The van der Waals surface area contributed by atoms with Gasteiger partial charge in [-0.15, -0.1) is 5.10 Å². The van der Waals surface area contributed by atoms with Gasteiger partial charge in [-0.2, -0.15) is 5.10 Å². The number of nitrogens with one attached hydrogen (secondary N) is 1. The zero-order chi connectivity index (χ0) is 32.2. The highest BCUT2D eigenvalue weighted by Gasteiger charge is 2.41. The van der Waals surface area contributed by atoms with Crippen LogP contribution >= 0.6 is 11.6 Å². The molecule has 14 nitrogen and oxygen atoms in total. The van der Waals surface area contributed by atoms with E-state index in [1.807, 2.05) is 36.0 Å². The van der Waals surface area contributed by atoms with E-state index in [9.17, 15) is 0 Å². The number of nitrogens with zero attached hydrogens (tertiary/aromatic N) is 9. The minimum Gasteiger partial charge on any atom is -0.487 e. The Hall–Kier alpha value is -3.82. The van der Waals surface area contributed by atoms with Gasteiger partial charge in [-0.3, -0.25) is 4.68 Å². The quantitative estimate of drug-likeness (QED) is 0.201. The molecule has 1 aliphatic carbocycles. The number of hydrogen-bond donors (Lipinski definition) is 1. The molecule has 3 fully saturated rings. The summed E-state index contributed by atoms with van der Waals surface area (Å²) < 4.78 is 26.9. The van der Waals surface area contributed by atoms with Gasteiger partial charge in [0.05, 0.1) is 37.0 Å². The summed E-state index contributed by atoms with van der Waals surface area (Å²) in [6.45, 7) is 6.03. The average Bonchev–Trinajstić information content (AvgIpc) is 3.81. The average molecular weight is 665 g/mol. The fourth-order valence-electron chi connectivity index (χ4n) is 6.73. The summed E-state index contributed by atoms with van der Waals surface area (Å²) in [5.74, 6) is 1.53. The predicted octanol–water partition coefficient (Wildman–Crippen LogP) is 4.58. The van der Waals surface area contributed by atoms with Crippen LogP contribution in [0, 0.1) is 0 Å². The molecule has 4 aromatic rings. The third-order valence-corrected chi connectivity index (χ3v) is 9.32. The van der Waals surface area contributed by atoms with Gasteiger partial charge in [-0.05, 0) is 56.7 Å². The van der Waals surface area contributed by atoms with E-state index in [0.29, 0.717) is 60.5 Å². The van der Waals surface area contributed by atoms with Gasteiger partial charge >= 0.3 is 0 Å². The first-order valence-electron chi connectivity index (χ1n) is 16.2. The summed E-state index contributed by atoms with van der Waals surface area (Å²) in [6.07, 6.45) is 14.1. The SMILES string of the molecule is COCCOc1nn(C2CCC(N3[C@@H]4CCN3COC4)CC2)cc1Nc1ncc(-c2ccc(Cl)c(O[C@@H](C)Cn3cncn3)c2)cn1. The lowest BCUT2D eigenvalue weighted by molar-refractivity contribution is -0.173. The van der Waals surface area contributed by atoms with Crippen LogP contribution in [0.3, 0.4) is 0 Å². The largest absolute Gasteiger partial charge is 0.487 e. The van der Waals surface area contributed by atoms with Crippen molar-refractivity contribution in [2.45, 2.75) is 69.8 Å². The molecule has 3 aliphatic rings. The highest BCUT2D eigenvalue weighted by Crippen LogP contribution is 2.38. The van der Waals surface area contributed by atoms with Gasteiger partial charge in [-0.1, -0.05) is 17.7 Å². The molecule has 2 saturated heterocycles. The van der Waals surface area contributed by atoms with Crippen molar-refractivity contribution < 1.29 is 18.9 Å². The number of rotatable bonds is 13. The van der Waals surface area contributed by atoms with Gasteiger partial charge in [0.25, 0.3) is 5.88 Å². The standard InChI is InChI=1S/C32H41ClN10O4/c1-22(16-40-20-34-19-37-40)47-30-13-23(3-8-28(30)33)24-14-35-32(36-15-24)38-29-17-42(39-31(29)46-12-11-44-2)25-4-6-26(7-5-25)43-27-9-10-41(43)21-45-18-27/h3,8,13-15,17,19-20,22,25-27H,4-7,9-12,16,18,21H2,1-2H3,(H,35,36,38)/t22-,25?,26?,27+/m0/s1. The Morgan fingerprint density at radius 2 is 1.87 bits per heavy atom. The molecule has 0 spiro atoms. The number of halogens is 1. The lowest BCUT2D eigenvalue weighted by Crippen LogP contribution is -2.54. The van der Waals surface area contributed by atoms with Crippen LogP contribution in [-0.4, -0.2) is 103 Å². The van der Waals surface area contributed by atoms with Crippen molar-refractivity contribution in [2.75, 3.05) is 45.5 Å². The van der Waals surface area contributed by atoms with Crippen LogP contribution in [0.15, 0.2) is 49.4 Å². The third-order valence-electron chi connectivity index (χ3n) is 9.01. The molecule has 3 aromatic heterocycles. The summed E-state index contributed by atoms with van der Waals surface area (Å²) in [6, 6.07) is 7.01. The maximum Gasteiger partial charge on any atom is 0.257 e. The van der Waals surface area contributed by atoms with Crippen LogP contribution in [0.5, 0.6) is 11.6 Å². The minimum absolute atomic E-state index is 0.165. The first kappa shape index (κ1) is 31.8. The van der Waals surface area contributed by atoms with Crippen LogP contribution in [0.1, 0.15) is 45.1 Å². The van der Waals surface area contributed by atoms with Crippen LogP contribution < -0.4 is 14.8 Å². The molecule has 1 unspecified atom stereocenters. The maximum atomic E-state index is 6.46. The van der Waals surface area contributed by atoms with Crippen molar-refractivity contribution in [1.82, 2.24) is 44.5 Å². The summed E-state index contributed by atoms with van der Waals surface area (Å²) in [5.41, 5.74) is 2.43. The summed E-state index contributed by atoms with van der Waals surface area (Å²) in [7, 11) is 1.65. The Morgan fingerprint density at radius 1 is 1.04 bits per heavy atom. The molecule has 7 rings (SSSR count). The van der Waals surface area contributed by atoms with Crippen molar-refractivity contribution in [2.24, 2.45) is 0 Å². The third kappa shape index (κ3) is 7.36. The minimum atomic E-state index is -0.165. The van der Waals surface area contributed by atoms with E-state index in [-0.39, 0.29) is 6.10 Å². The molecule has 0 radical (unpaired) electrons. The van der Waals surface area contributed by atoms with Crippen molar-refractivity contribution >= 4 is 23.2 Å². The van der Waals surface area contributed by atoms with E-state index in [1.165, 1.54) is 12.7 Å². The molecule has 15 heteroatoms. The van der Waals surface area contributed by atoms with Gasteiger partial charge in [-0.25, -0.2) is 29.7 Å². The van der Waals surface area contributed by atoms with Crippen molar-refractivity contribution in [3.05, 3.63) is 54.5 Å². The maximum absolute atomic E-state index is 6.46.